The normalized spacial score (nSPS) is 22.6. The van der Waals surface area contributed by atoms with Crippen molar-refractivity contribution in [2.45, 2.75) is 35.9 Å². The van der Waals surface area contributed by atoms with Crippen molar-refractivity contribution in [3.8, 4) is 11.5 Å². The molecule has 1 aliphatic carbocycles. The Labute approximate surface area is 171 Å². The van der Waals surface area contributed by atoms with Gasteiger partial charge in [0.1, 0.15) is 16.8 Å². The summed E-state index contributed by atoms with van der Waals surface area (Å²) in [5.41, 5.74) is 0.695. The number of aliphatic carboxylic acids is 1. The second kappa shape index (κ2) is 7.47. The van der Waals surface area contributed by atoms with Gasteiger partial charge in [0.2, 0.25) is 0 Å². The van der Waals surface area contributed by atoms with E-state index in [4.69, 9.17) is 30.4 Å². The summed E-state index contributed by atoms with van der Waals surface area (Å²) < 4.78 is 55.3. The van der Waals surface area contributed by atoms with Gasteiger partial charge in [-0.25, -0.2) is 9.18 Å². The van der Waals surface area contributed by atoms with Crippen LogP contribution in [0.2, 0.25) is 5.02 Å². The standard InChI is InChI=1S/C19H16ClFO7S/c20-12-8-10(21)4-7-16(12)29(24,25)28-14-6-5-13-18(14)11-2-1-3-15(19(11)27-13)26-9-17(22)23/h1-4,7-8,13-14,18H,5-6,9H2,(H,22,23). The Bertz CT molecular complexity index is 1070. The molecule has 1 N–H and O–H groups in total. The van der Waals surface area contributed by atoms with Gasteiger partial charge in [-0.05, 0) is 37.1 Å². The summed E-state index contributed by atoms with van der Waals surface area (Å²) in [6.45, 7) is -0.521. The number of benzene rings is 2. The molecule has 3 unspecified atom stereocenters. The summed E-state index contributed by atoms with van der Waals surface area (Å²) in [4.78, 5) is 10.5. The first-order valence-electron chi connectivity index (χ1n) is 8.79. The number of halogens is 2. The first-order valence-corrected chi connectivity index (χ1v) is 10.6. The zero-order chi connectivity index (χ0) is 20.8. The van der Waals surface area contributed by atoms with Gasteiger partial charge in [0.25, 0.3) is 10.1 Å². The van der Waals surface area contributed by atoms with Gasteiger partial charge in [-0.2, -0.15) is 8.42 Å². The molecule has 29 heavy (non-hydrogen) atoms. The minimum Gasteiger partial charge on any atom is -0.485 e. The fraction of sp³-hybridized carbons (Fsp3) is 0.316. The quantitative estimate of drug-likeness (QED) is 0.685. The predicted octanol–water partition coefficient (Wildman–Crippen LogP) is 3.36. The maximum Gasteiger partial charge on any atom is 0.341 e. The third-order valence-corrected chi connectivity index (χ3v) is 6.76. The van der Waals surface area contributed by atoms with E-state index in [-0.39, 0.29) is 27.7 Å². The molecule has 2 aromatic rings. The lowest BCUT2D eigenvalue weighted by Gasteiger charge is -2.19. The fourth-order valence-corrected chi connectivity index (χ4v) is 5.41. The van der Waals surface area contributed by atoms with Crippen molar-refractivity contribution >= 4 is 27.7 Å². The third-order valence-electron chi connectivity index (χ3n) is 4.94. The van der Waals surface area contributed by atoms with E-state index in [1.54, 1.807) is 18.2 Å². The minimum atomic E-state index is -4.23. The van der Waals surface area contributed by atoms with Gasteiger partial charge < -0.3 is 14.6 Å². The Morgan fingerprint density at radius 3 is 2.79 bits per heavy atom. The number of hydrogen-bond donors (Lipinski definition) is 1. The molecular formula is C19H16ClFO7S. The van der Waals surface area contributed by atoms with Gasteiger partial charge in [-0.3, -0.25) is 4.18 Å². The lowest BCUT2D eigenvalue weighted by atomic mass is 9.95. The average molecular weight is 443 g/mol. The zero-order valence-electron chi connectivity index (χ0n) is 14.9. The van der Waals surface area contributed by atoms with E-state index < -0.39 is 34.6 Å². The first kappa shape index (κ1) is 19.9. The lowest BCUT2D eigenvalue weighted by molar-refractivity contribution is -0.139. The highest BCUT2D eigenvalue weighted by molar-refractivity contribution is 7.87. The van der Waals surface area contributed by atoms with Gasteiger partial charge >= 0.3 is 5.97 Å². The Hall–Kier alpha value is -2.36. The van der Waals surface area contributed by atoms with Crippen LogP contribution in [0.3, 0.4) is 0 Å². The maximum absolute atomic E-state index is 13.2. The van der Waals surface area contributed by atoms with E-state index in [1.165, 1.54) is 0 Å². The van der Waals surface area contributed by atoms with Crippen LogP contribution in [0.15, 0.2) is 41.3 Å². The van der Waals surface area contributed by atoms with Crippen molar-refractivity contribution in [1.29, 1.82) is 0 Å². The van der Waals surface area contributed by atoms with Crippen LogP contribution >= 0.6 is 11.6 Å². The topological polar surface area (TPSA) is 99.1 Å². The summed E-state index contributed by atoms with van der Waals surface area (Å²) in [7, 11) is -4.23. The highest BCUT2D eigenvalue weighted by Crippen LogP contribution is 2.52. The van der Waals surface area contributed by atoms with Crippen molar-refractivity contribution < 1.29 is 36.4 Å². The molecule has 0 radical (unpaired) electrons. The van der Waals surface area contributed by atoms with E-state index >= 15 is 0 Å². The number of carbonyl (C=O) groups is 1. The number of carboxylic acid groups (broad SMARTS) is 1. The number of ether oxygens (including phenoxy) is 2. The molecule has 10 heteroatoms. The highest BCUT2D eigenvalue weighted by Gasteiger charge is 2.48. The molecule has 1 saturated carbocycles. The maximum atomic E-state index is 13.2. The zero-order valence-corrected chi connectivity index (χ0v) is 16.5. The van der Waals surface area contributed by atoms with Crippen molar-refractivity contribution in [2.75, 3.05) is 6.61 Å². The summed E-state index contributed by atoms with van der Waals surface area (Å²) >= 11 is 5.88. The summed E-state index contributed by atoms with van der Waals surface area (Å²) in [5.74, 6) is -1.46. The Morgan fingerprint density at radius 2 is 2.07 bits per heavy atom. The van der Waals surface area contributed by atoms with Crippen LogP contribution in [0.1, 0.15) is 24.3 Å². The number of fused-ring (bicyclic) bond motifs is 3. The van der Waals surface area contributed by atoms with Gasteiger partial charge in [-0.1, -0.05) is 23.7 Å². The lowest BCUT2D eigenvalue weighted by Crippen LogP contribution is -2.24. The molecule has 0 saturated heterocycles. The molecule has 0 spiro atoms. The van der Waals surface area contributed by atoms with Crippen molar-refractivity contribution in [2.24, 2.45) is 0 Å². The van der Waals surface area contributed by atoms with Crippen molar-refractivity contribution in [1.82, 2.24) is 0 Å². The van der Waals surface area contributed by atoms with Crippen LogP contribution in [0.25, 0.3) is 0 Å². The Morgan fingerprint density at radius 1 is 1.28 bits per heavy atom. The number of rotatable bonds is 6. The number of para-hydroxylation sites is 1. The first-order chi connectivity index (χ1) is 13.8. The van der Waals surface area contributed by atoms with Crippen molar-refractivity contribution in [3.63, 3.8) is 0 Å². The molecule has 0 amide bonds. The number of carboxylic acids is 1. The average Bonchev–Trinajstić information content (AvgIpc) is 3.19. The second-order valence-electron chi connectivity index (χ2n) is 6.78. The second-order valence-corrected chi connectivity index (χ2v) is 8.73. The molecule has 4 rings (SSSR count). The monoisotopic (exact) mass is 442 g/mol. The largest absolute Gasteiger partial charge is 0.485 e. The van der Waals surface area contributed by atoms with E-state index in [1.807, 2.05) is 0 Å². The fourth-order valence-electron chi connectivity index (χ4n) is 3.79. The summed E-state index contributed by atoms with van der Waals surface area (Å²) in [5, 5.41) is 8.56. The molecule has 0 bridgehead atoms. The molecule has 1 aliphatic heterocycles. The number of hydrogen-bond acceptors (Lipinski definition) is 6. The predicted molar refractivity (Wildman–Crippen MR) is 99.4 cm³/mol. The highest BCUT2D eigenvalue weighted by atomic mass is 35.5. The van der Waals surface area contributed by atoms with Crippen LogP contribution in [-0.2, 0) is 19.1 Å². The molecule has 154 valence electrons. The summed E-state index contributed by atoms with van der Waals surface area (Å²) in [6, 6.07) is 8.02. The Kier molecular flexibility index (Phi) is 5.14. The van der Waals surface area contributed by atoms with Crippen LogP contribution in [0, 0.1) is 5.82 Å². The van der Waals surface area contributed by atoms with E-state index in [0.717, 1.165) is 18.2 Å². The molecule has 1 fully saturated rings. The van der Waals surface area contributed by atoms with Crippen LogP contribution < -0.4 is 9.47 Å². The van der Waals surface area contributed by atoms with Crippen LogP contribution in [0.4, 0.5) is 4.39 Å². The summed E-state index contributed by atoms with van der Waals surface area (Å²) in [6.07, 6.45) is -0.0345. The molecule has 2 aromatic carbocycles. The van der Waals surface area contributed by atoms with E-state index in [9.17, 15) is 17.6 Å². The van der Waals surface area contributed by atoms with Gasteiger partial charge in [-0.15, -0.1) is 0 Å². The Balaban J connectivity index is 1.60. The molecule has 0 aromatic heterocycles. The van der Waals surface area contributed by atoms with E-state index in [0.29, 0.717) is 24.2 Å². The van der Waals surface area contributed by atoms with Gasteiger partial charge in [0.15, 0.2) is 18.1 Å². The van der Waals surface area contributed by atoms with Crippen molar-refractivity contribution in [3.05, 3.63) is 52.8 Å². The molecule has 3 atom stereocenters. The van der Waals surface area contributed by atoms with Crippen LogP contribution in [0.5, 0.6) is 11.5 Å². The molecule has 7 nitrogen and oxygen atoms in total. The minimum absolute atomic E-state index is 0.257. The van der Waals surface area contributed by atoms with Gasteiger partial charge in [0.05, 0.1) is 17.0 Å². The van der Waals surface area contributed by atoms with E-state index in [2.05, 4.69) is 0 Å². The van der Waals surface area contributed by atoms with Crippen LogP contribution in [-0.4, -0.2) is 38.3 Å². The molecule has 1 heterocycles. The molecular weight excluding hydrogens is 427 g/mol. The smallest absolute Gasteiger partial charge is 0.341 e. The van der Waals surface area contributed by atoms with Gasteiger partial charge in [0, 0.05) is 5.56 Å². The molecule has 2 aliphatic rings. The SMILES string of the molecule is O=C(O)COc1cccc2c1OC1CCC(OS(=O)(=O)c3ccc(F)cc3Cl)C21. The third kappa shape index (κ3) is 3.77.